The van der Waals surface area contributed by atoms with Crippen molar-refractivity contribution in [1.82, 2.24) is 15.0 Å². The summed E-state index contributed by atoms with van der Waals surface area (Å²) in [6, 6.07) is 5.43. The molecule has 2 aromatic rings. The van der Waals surface area contributed by atoms with Crippen LogP contribution in [0.2, 0.25) is 0 Å². The Kier molecular flexibility index (Phi) is 3.93. The van der Waals surface area contributed by atoms with E-state index < -0.39 is 10.0 Å². The second kappa shape index (κ2) is 5.49. The lowest BCUT2D eigenvalue weighted by Gasteiger charge is -2.10. The Morgan fingerprint density at radius 2 is 2.10 bits per heavy atom. The molecular formula is C12H17N5O2S. The molecule has 0 saturated heterocycles. The maximum Gasteiger partial charge on any atom is 0.229 e. The van der Waals surface area contributed by atoms with Gasteiger partial charge in [-0.3, -0.25) is 9.40 Å². The summed E-state index contributed by atoms with van der Waals surface area (Å²) in [7, 11) is -1.44. The molecule has 0 radical (unpaired) electrons. The van der Waals surface area contributed by atoms with Gasteiger partial charge in [0.1, 0.15) is 5.69 Å². The van der Waals surface area contributed by atoms with E-state index in [-0.39, 0.29) is 0 Å². The van der Waals surface area contributed by atoms with Crippen LogP contribution in [0.3, 0.4) is 0 Å². The van der Waals surface area contributed by atoms with Crippen LogP contribution in [-0.2, 0) is 23.6 Å². The Bertz CT molecular complexity index is 708. The van der Waals surface area contributed by atoms with Crippen molar-refractivity contribution in [3.8, 4) is 0 Å². The summed E-state index contributed by atoms with van der Waals surface area (Å²) in [5.74, 6) is 0. The minimum absolute atomic E-state index is 0.562. The quantitative estimate of drug-likeness (QED) is 0.862. The van der Waals surface area contributed by atoms with E-state index in [0.717, 1.165) is 23.2 Å². The van der Waals surface area contributed by atoms with E-state index in [1.807, 2.05) is 32.3 Å². The number of nitrogens with zero attached hydrogens (tertiary/aromatic N) is 3. The lowest BCUT2D eigenvalue weighted by Crippen LogP contribution is -2.10. The molecule has 8 heteroatoms. The van der Waals surface area contributed by atoms with Gasteiger partial charge in [0.2, 0.25) is 10.0 Å². The maximum atomic E-state index is 11.2. The molecule has 1 heterocycles. The SMILES string of the molecule is Cc1cc(NCc2cn(C)nn2)ccc1NS(C)(=O)=O. The second-order valence-electron chi connectivity index (χ2n) is 4.64. The fourth-order valence-corrected chi connectivity index (χ4v) is 2.39. The molecule has 0 spiro atoms. The van der Waals surface area contributed by atoms with Gasteiger partial charge in [-0.25, -0.2) is 8.42 Å². The van der Waals surface area contributed by atoms with E-state index in [1.54, 1.807) is 10.7 Å². The highest BCUT2D eigenvalue weighted by molar-refractivity contribution is 7.92. The summed E-state index contributed by atoms with van der Waals surface area (Å²) in [4.78, 5) is 0. The number of hydrogen-bond acceptors (Lipinski definition) is 5. The van der Waals surface area contributed by atoms with Crippen LogP contribution in [0.1, 0.15) is 11.3 Å². The van der Waals surface area contributed by atoms with Crippen LogP contribution in [-0.4, -0.2) is 29.7 Å². The lowest BCUT2D eigenvalue weighted by atomic mass is 10.2. The van der Waals surface area contributed by atoms with Crippen molar-refractivity contribution in [2.24, 2.45) is 7.05 Å². The molecule has 20 heavy (non-hydrogen) atoms. The monoisotopic (exact) mass is 295 g/mol. The van der Waals surface area contributed by atoms with Gasteiger partial charge in [0.25, 0.3) is 0 Å². The second-order valence-corrected chi connectivity index (χ2v) is 6.39. The fraction of sp³-hybridized carbons (Fsp3) is 0.333. The van der Waals surface area contributed by atoms with Crippen molar-refractivity contribution in [2.75, 3.05) is 16.3 Å². The molecule has 0 aliphatic rings. The number of nitrogens with one attached hydrogen (secondary N) is 2. The number of rotatable bonds is 5. The van der Waals surface area contributed by atoms with E-state index >= 15 is 0 Å². The third-order valence-electron chi connectivity index (χ3n) is 2.65. The van der Waals surface area contributed by atoms with Crippen LogP contribution >= 0.6 is 0 Å². The first kappa shape index (κ1) is 14.3. The molecule has 0 unspecified atom stereocenters. The van der Waals surface area contributed by atoms with Gasteiger partial charge in [-0.15, -0.1) is 5.10 Å². The Balaban J connectivity index is 2.05. The number of sulfonamides is 1. The Labute approximate surface area is 118 Å². The summed E-state index contributed by atoms with van der Waals surface area (Å²) in [6.07, 6.45) is 2.96. The number of aromatic nitrogens is 3. The van der Waals surface area contributed by atoms with Gasteiger partial charge >= 0.3 is 0 Å². The van der Waals surface area contributed by atoms with Gasteiger partial charge in [-0.2, -0.15) is 0 Å². The zero-order valence-corrected chi connectivity index (χ0v) is 12.4. The van der Waals surface area contributed by atoms with Crippen LogP contribution in [0.15, 0.2) is 24.4 Å². The first-order valence-corrected chi connectivity index (χ1v) is 7.90. The molecule has 7 nitrogen and oxygen atoms in total. The molecule has 0 amide bonds. The molecule has 1 aromatic heterocycles. The first-order chi connectivity index (χ1) is 9.33. The topological polar surface area (TPSA) is 88.9 Å². The Morgan fingerprint density at radius 3 is 2.65 bits per heavy atom. The first-order valence-electron chi connectivity index (χ1n) is 6.01. The van der Waals surface area contributed by atoms with Crippen molar-refractivity contribution >= 4 is 21.4 Å². The predicted octanol–water partition coefficient (Wildman–Crippen LogP) is 1.11. The highest BCUT2D eigenvalue weighted by Gasteiger charge is 2.06. The molecule has 2 rings (SSSR count). The zero-order chi connectivity index (χ0) is 14.8. The summed E-state index contributed by atoms with van der Waals surface area (Å²) in [5.41, 5.74) is 3.16. The predicted molar refractivity (Wildman–Crippen MR) is 78.0 cm³/mol. The third kappa shape index (κ3) is 3.95. The maximum absolute atomic E-state index is 11.2. The van der Waals surface area contributed by atoms with Crippen molar-refractivity contribution in [1.29, 1.82) is 0 Å². The molecule has 1 aromatic carbocycles. The van der Waals surface area contributed by atoms with Gasteiger partial charge in [-0.1, -0.05) is 5.21 Å². The van der Waals surface area contributed by atoms with Gasteiger partial charge in [0, 0.05) is 18.9 Å². The van der Waals surface area contributed by atoms with Gasteiger partial charge in [0.15, 0.2) is 0 Å². The summed E-state index contributed by atoms with van der Waals surface area (Å²) < 4.78 is 26.5. The van der Waals surface area contributed by atoms with Crippen LogP contribution < -0.4 is 10.0 Å². The largest absolute Gasteiger partial charge is 0.379 e. The molecule has 2 N–H and O–H groups in total. The standard InChI is InChI=1S/C12H17N5O2S/c1-9-6-10(4-5-12(9)15-20(3,18)19)13-7-11-8-17(2)16-14-11/h4-6,8,13,15H,7H2,1-3H3. The van der Waals surface area contributed by atoms with Gasteiger partial charge in [-0.05, 0) is 30.7 Å². The van der Waals surface area contributed by atoms with E-state index in [1.165, 1.54) is 0 Å². The highest BCUT2D eigenvalue weighted by atomic mass is 32.2. The molecule has 0 fully saturated rings. The minimum Gasteiger partial charge on any atom is -0.379 e. The number of benzene rings is 1. The number of aryl methyl sites for hydroxylation is 2. The van der Waals surface area contributed by atoms with Gasteiger partial charge < -0.3 is 5.32 Å². The van der Waals surface area contributed by atoms with Crippen molar-refractivity contribution in [3.63, 3.8) is 0 Å². The van der Waals surface area contributed by atoms with Gasteiger partial charge in [0.05, 0.1) is 18.5 Å². The Morgan fingerprint density at radius 1 is 1.35 bits per heavy atom. The average molecular weight is 295 g/mol. The smallest absolute Gasteiger partial charge is 0.229 e. The van der Waals surface area contributed by atoms with E-state index in [4.69, 9.17) is 0 Å². The molecule has 0 saturated carbocycles. The van der Waals surface area contributed by atoms with Crippen molar-refractivity contribution in [2.45, 2.75) is 13.5 Å². The average Bonchev–Trinajstić information content (AvgIpc) is 2.74. The summed E-state index contributed by atoms with van der Waals surface area (Å²) >= 11 is 0. The van der Waals surface area contributed by atoms with Crippen LogP contribution in [0.25, 0.3) is 0 Å². The lowest BCUT2D eigenvalue weighted by molar-refractivity contribution is 0.607. The molecule has 0 bridgehead atoms. The molecule has 0 aliphatic carbocycles. The number of anilines is 2. The molecule has 108 valence electrons. The molecule has 0 aliphatic heterocycles. The van der Waals surface area contributed by atoms with E-state index in [0.29, 0.717) is 12.2 Å². The van der Waals surface area contributed by atoms with Crippen LogP contribution in [0, 0.1) is 6.92 Å². The van der Waals surface area contributed by atoms with Crippen molar-refractivity contribution in [3.05, 3.63) is 35.7 Å². The number of hydrogen-bond donors (Lipinski definition) is 2. The normalized spacial score (nSPS) is 11.3. The summed E-state index contributed by atoms with van der Waals surface area (Å²) in [6.45, 7) is 2.41. The Hall–Kier alpha value is -2.09. The van der Waals surface area contributed by atoms with Crippen LogP contribution in [0.4, 0.5) is 11.4 Å². The zero-order valence-electron chi connectivity index (χ0n) is 11.6. The minimum atomic E-state index is -3.26. The fourth-order valence-electron chi connectivity index (χ4n) is 1.76. The summed E-state index contributed by atoms with van der Waals surface area (Å²) in [5, 5.41) is 11.0. The van der Waals surface area contributed by atoms with E-state index in [9.17, 15) is 8.42 Å². The van der Waals surface area contributed by atoms with Crippen molar-refractivity contribution < 1.29 is 8.42 Å². The van der Waals surface area contributed by atoms with Crippen LogP contribution in [0.5, 0.6) is 0 Å². The van der Waals surface area contributed by atoms with E-state index in [2.05, 4.69) is 20.4 Å². The molecule has 0 atom stereocenters. The highest BCUT2D eigenvalue weighted by Crippen LogP contribution is 2.20. The molecular weight excluding hydrogens is 278 g/mol. The third-order valence-corrected chi connectivity index (χ3v) is 3.24.